The van der Waals surface area contributed by atoms with Crippen molar-refractivity contribution in [2.24, 2.45) is 0 Å². The van der Waals surface area contributed by atoms with Gasteiger partial charge >= 0.3 is 0 Å². The quantitative estimate of drug-likeness (QED) is 0.150. The number of rotatable bonds is 15. The topological polar surface area (TPSA) is 83.7 Å². The minimum absolute atomic E-state index is 0.146. The molecule has 0 N–H and O–H groups in total. The lowest BCUT2D eigenvalue weighted by Crippen LogP contribution is -2.09. The van der Waals surface area contributed by atoms with Crippen molar-refractivity contribution in [3.05, 3.63) is 71.8 Å². The molecule has 0 bridgehead atoms. The Morgan fingerprint density at radius 1 is 0.585 bits per heavy atom. The van der Waals surface area contributed by atoms with Gasteiger partial charge in [0.2, 0.25) is 0 Å². The molecule has 3 heterocycles. The van der Waals surface area contributed by atoms with E-state index in [4.69, 9.17) is 37.9 Å². The summed E-state index contributed by atoms with van der Waals surface area (Å²) >= 11 is 0. The molecule has 0 saturated carbocycles. The van der Waals surface area contributed by atoms with Crippen LogP contribution in [0.1, 0.15) is 11.1 Å². The van der Waals surface area contributed by atoms with Gasteiger partial charge < -0.3 is 37.9 Å². The minimum atomic E-state index is 0.146. The van der Waals surface area contributed by atoms with Gasteiger partial charge in [-0.3, -0.25) is 0 Å². The molecule has 3 aliphatic heterocycles. The molecular weight excluding hydrogens is 524 g/mol. The Hall–Kier alpha value is -3.56. The lowest BCUT2D eigenvalue weighted by Gasteiger charge is -2.19. The fraction of sp³-hybridized carbons (Fsp3) is 0.394. The molecular formula is C33H34O8. The van der Waals surface area contributed by atoms with Gasteiger partial charge in [0.15, 0.2) is 0 Å². The van der Waals surface area contributed by atoms with Crippen LogP contribution in [0.2, 0.25) is 0 Å². The van der Waals surface area contributed by atoms with Crippen molar-refractivity contribution >= 4 is 21.5 Å². The third kappa shape index (κ3) is 6.52. The number of hydrogen-bond acceptors (Lipinski definition) is 8. The first-order valence-corrected chi connectivity index (χ1v) is 14.2. The van der Waals surface area contributed by atoms with Crippen LogP contribution < -0.4 is 18.9 Å². The largest absolute Gasteiger partial charge is 0.491 e. The van der Waals surface area contributed by atoms with Gasteiger partial charge in [-0.05, 0) is 57.9 Å². The van der Waals surface area contributed by atoms with Gasteiger partial charge in [0.05, 0.1) is 26.4 Å². The standard InChI is InChI=1S/C33H34O8/c1-34-10-11-35-32-8-4-21-2-6-23(36-15-25-17-38-25)12-28(21)30(32)14-31-29-13-24(37-16-26-18-39-26)7-3-22(29)5-9-33(31)41-20-27-19-40-27/h2-9,12-13,25-27H,10-11,14-20H2,1H3. The second kappa shape index (κ2) is 11.7. The Balaban J connectivity index is 1.30. The molecule has 7 rings (SSSR count). The molecule has 214 valence electrons. The SMILES string of the molecule is COCCOc1ccc2ccc(OCC3CO3)cc2c1Cc1c(OCC2CO2)ccc2ccc(OCC3CO3)cc12. The highest BCUT2D eigenvalue weighted by atomic mass is 16.6. The Morgan fingerprint density at radius 3 is 1.54 bits per heavy atom. The zero-order chi connectivity index (χ0) is 27.6. The molecule has 8 heteroatoms. The Labute approximate surface area is 238 Å². The summed E-state index contributed by atoms with van der Waals surface area (Å²) in [6, 6.07) is 20.7. The first kappa shape index (κ1) is 26.3. The molecule has 3 saturated heterocycles. The van der Waals surface area contributed by atoms with Crippen molar-refractivity contribution in [3.63, 3.8) is 0 Å². The van der Waals surface area contributed by atoms with E-state index in [-0.39, 0.29) is 18.3 Å². The summed E-state index contributed by atoms with van der Waals surface area (Å²) in [7, 11) is 1.68. The molecule has 3 aliphatic rings. The summed E-state index contributed by atoms with van der Waals surface area (Å²) in [5.41, 5.74) is 2.13. The molecule has 3 atom stereocenters. The maximum absolute atomic E-state index is 6.35. The van der Waals surface area contributed by atoms with E-state index in [0.29, 0.717) is 39.5 Å². The monoisotopic (exact) mass is 558 g/mol. The van der Waals surface area contributed by atoms with Crippen LogP contribution in [0.3, 0.4) is 0 Å². The fourth-order valence-electron chi connectivity index (χ4n) is 4.96. The third-order valence-electron chi connectivity index (χ3n) is 7.53. The van der Waals surface area contributed by atoms with Crippen molar-refractivity contribution in [2.75, 3.05) is 60.0 Å². The van der Waals surface area contributed by atoms with E-state index in [0.717, 1.165) is 75.5 Å². The number of methoxy groups -OCH3 is 1. The second-order valence-electron chi connectivity index (χ2n) is 10.7. The Bertz CT molecular complexity index is 1520. The molecule has 0 amide bonds. The van der Waals surface area contributed by atoms with E-state index in [9.17, 15) is 0 Å². The van der Waals surface area contributed by atoms with Crippen LogP contribution in [-0.4, -0.2) is 78.3 Å². The summed E-state index contributed by atoms with van der Waals surface area (Å²) in [6.45, 7) is 4.80. The van der Waals surface area contributed by atoms with Crippen LogP contribution in [0, 0.1) is 0 Å². The van der Waals surface area contributed by atoms with Crippen molar-refractivity contribution in [3.8, 4) is 23.0 Å². The summed E-state index contributed by atoms with van der Waals surface area (Å²) in [5, 5.41) is 4.37. The van der Waals surface area contributed by atoms with E-state index >= 15 is 0 Å². The number of ether oxygens (including phenoxy) is 8. The molecule has 0 radical (unpaired) electrons. The zero-order valence-corrected chi connectivity index (χ0v) is 23.1. The van der Waals surface area contributed by atoms with Gasteiger partial charge in [-0.2, -0.15) is 0 Å². The van der Waals surface area contributed by atoms with E-state index in [1.54, 1.807) is 7.11 Å². The molecule has 0 aliphatic carbocycles. The first-order chi connectivity index (χ1) is 20.2. The molecule has 8 nitrogen and oxygen atoms in total. The van der Waals surface area contributed by atoms with Gasteiger partial charge in [0, 0.05) is 24.7 Å². The average Bonchev–Trinajstić information content (AvgIpc) is 3.85. The Morgan fingerprint density at radius 2 is 1.05 bits per heavy atom. The first-order valence-electron chi connectivity index (χ1n) is 14.2. The molecule has 3 unspecified atom stereocenters. The minimum Gasteiger partial charge on any atom is -0.491 e. The number of fused-ring (bicyclic) bond motifs is 2. The normalized spacial score (nSPS) is 20.7. The highest BCUT2D eigenvalue weighted by molar-refractivity contribution is 5.93. The summed E-state index contributed by atoms with van der Waals surface area (Å²) in [4.78, 5) is 0. The van der Waals surface area contributed by atoms with Crippen LogP contribution in [0.25, 0.3) is 21.5 Å². The average molecular weight is 559 g/mol. The van der Waals surface area contributed by atoms with Gasteiger partial charge in [-0.25, -0.2) is 0 Å². The smallest absolute Gasteiger partial charge is 0.123 e. The van der Waals surface area contributed by atoms with E-state index in [1.165, 1.54) is 0 Å². The lowest BCUT2D eigenvalue weighted by molar-refractivity contribution is 0.146. The summed E-state index contributed by atoms with van der Waals surface area (Å²) in [6.07, 6.45) is 1.10. The van der Waals surface area contributed by atoms with E-state index in [2.05, 4.69) is 42.5 Å². The molecule has 0 aromatic heterocycles. The van der Waals surface area contributed by atoms with Gasteiger partial charge in [0.1, 0.15) is 67.7 Å². The second-order valence-corrected chi connectivity index (χ2v) is 10.7. The number of epoxide rings is 3. The van der Waals surface area contributed by atoms with Crippen LogP contribution in [0.5, 0.6) is 23.0 Å². The lowest BCUT2D eigenvalue weighted by atomic mass is 9.93. The highest BCUT2D eigenvalue weighted by Gasteiger charge is 2.26. The van der Waals surface area contributed by atoms with Gasteiger partial charge in [-0.1, -0.05) is 24.3 Å². The van der Waals surface area contributed by atoms with Crippen molar-refractivity contribution in [2.45, 2.75) is 24.7 Å². The maximum Gasteiger partial charge on any atom is 0.123 e. The van der Waals surface area contributed by atoms with Crippen LogP contribution in [-0.2, 0) is 25.4 Å². The molecule has 4 aromatic rings. The maximum atomic E-state index is 6.35. The van der Waals surface area contributed by atoms with Gasteiger partial charge in [0.25, 0.3) is 0 Å². The zero-order valence-electron chi connectivity index (χ0n) is 23.1. The molecule has 3 fully saturated rings. The van der Waals surface area contributed by atoms with Crippen LogP contribution in [0.15, 0.2) is 60.7 Å². The van der Waals surface area contributed by atoms with Crippen molar-refractivity contribution in [1.29, 1.82) is 0 Å². The van der Waals surface area contributed by atoms with E-state index in [1.807, 2.05) is 18.2 Å². The number of benzene rings is 4. The van der Waals surface area contributed by atoms with Crippen LogP contribution in [0.4, 0.5) is 0 Å². The molecule has 0 spiro atoms. The van der Waals surface area contributed by atoms with Crippen LogP contribution >= 0.6 is 0 Å². The fourth-order valence-corrected chi connectivity index (χ4v) is 4.96. The molecule has 41 heavy (non-hydrogen) atoms. The predicted molar refractivity (Wildman–Crippen MR) is 154 cm³/mol. The van der Waals surface area contributed by atoms with Crippen molar-refractivity contribution in [1.82, 2.24) is 0 Å². The van der Waals surface area contributed by atoms with Gasteiger partial charge in [-0.15, -0.1) is 0 Å². The third-order valence-corrected chi connectivity index (χ3v) is 7.53. The Kier molecular flexibility index (Phi) is 7.54. The predicted octanol–water partition coefficient (Wildman–Crippen LogP) is 4.94. The van der Waals surface area contributed by atoms with Crippen molar-refractivity contribution < 1.29 is 37.9 Å². The van der Waals surface area contributed by atoms with E-state index < -0.39 is 0 Å². The highest BCUT2D eigenvalue weighted by Crippen LogP contribution is 2.38. The molecule has 4 aromatic carbocycles. The summed E-state index contributed by atoms with van der Waals surface area (Å²) in [5.74, 6) is 3.25. The summed E-state index contributed by atoms with van der Waals surface area (Å²) < 4.78 is 46.1. The number of hydrogen-bond donors (Lipinski definition) is 0.